The van der Waals surface area contributed by atoms with E-state index in [2.05, 4.69) is 10.3 Å². The number of nitrogens with one attached hydrogen (secondary N) is 1. The third-order valence-corrected chi connectivity index (χ3v) is 4.08. The molecular weight excluding hydrogens is 312 g/mol. The lowest BCUT2D eigenvalue weighted by atomic mass is 10.2. The summed E-state index contributed by atoms with van der Waals surface area (Å²) < 4.78 is 5.97. The lowest BCUT2D eigenvalue weighted by molar-refractivity contribution is -0.131. The molecule has 3 aromatic rings. The summed E-state index contributed by atoms with van der Waals surface area (Å²) in [6.07, 6.45) is 0. The monoisotopic (exact) mass is 326 g/mol. The van der Waals surface area contributed by atoms with Crippen molar-refractivity contribution in [2.75, 3.05) is 5.32 Å². The first kappa shape index (κ1) is 15.2. The minimum atomic E-state index is -0.396. The van der Waals surface area contributed by atoms with Gasteiger partial charge in [-0.15, -0.1) is 0 Å². The zero-order valence-corrected chi connectivity index (χ0v) is 13.4. The van der Waals surface area contributed by atoms with Crippen LogP contribution in [0.15, 0.2) is 42.5 Å². The quantitative estimate of drug-likeness (QED) is 0.587. The molecule has 0 atom stereocenters. The normalized spacial score (nSPS) is 10.5. The minimum absolute atomic E-state index is 0.254. The Kier molecular flexibility index (Phi) is 4.08. The van der Waals surface area contributed by atoms with Crippen LogP contribution >= 0.6 is 11.3 Å². The zero-order chi connectivity index (χ0) is 16.4. The highest BCUT2D eigenvalue weighted by Gasteiger charge is 2.10. The minimum Gasteiger partial charge on any atom is -0.427 e. The van der Waals surface area contributed by atoms with Crippen LogP contribution in [0.1, 0.15) is 22.8 Å². The number of carbonyl (C=O) groups excluding carboxylic acids is 2. The molecule has 0 aliphatic rings. The number of rotatable bonds is 3. The Morgan fingerprint density at radius 1 is 1.13 bits per heavy atom. The summed E-state index contributed by atoms with van der Waals surface area (Å²) in [5.74, 6) is -0.244. The number of carbonyl (C=O) groups is 2. The van der Waals surface area contributed by atoms with E-state index in [9.17, 15) is 9.59 Å². The van der Waals surface area contributed by atoms with Gasteiger partial charge in [0.2, 0.25) is 0 Å². The van der Waals surface area contributed by atoms with Crippen LogP contribution in [0, 0.1) is 6.92 Å². The summed E-state index contributed by atoms with van der Waals surface area (Å²) >= 11 is 1.43. The number of aromatic nitrogens is 1. The maximum absolute atomic E-state index is 12.2. The van der Waals surface area contributed by atoms with E-state index in [1.807, 2.05) is 25.1 Å². The van der Waals surface area contributed by atoms with Gasteiger partial charge in [-0.05, 0) is 48.9 Å². The Balaban J connectivity index is 1.75. The molecule has 0 aliphatic carbocycles. The predicted octanol–water partition coefficient (Wildman–Crippen LogP) is 3.78. The van der Waals surface area contributed by atoms with E-state index < -0.39 is 5.97 Å². The van der Waals surface area contributed by atoms with Crippen LogP contribution in [0.3, 0.4) is 0 Å². The Morgan fingerprint density at radius 3 is 2.57 bits per heavy atom. The number of fused-ring (bicyclic) bond motifs is 1. The van der Waals surface area contributed by atoms with Gasteiger partial charge in [-0.3, -0.25) is 14.9 Å². The highest BCUT2D eigenvalue weighted by Crippen LogP contribution is 2.27. The van der Waals surface area contributed by atoms with Crippen LogP contribution in [0.5, 0.6) is 5.75 Å². The van der Waals surface area contributed by atoms with Crippen molar-refractivity contribution < 1.29 is 14.3 Å². The van der Waals surface area contributed by atoms with Crippen LogP contribution in [0.2, 0.25) is 0 Å². The lowest BCUT2D eigenvalue weighted by Crippen LogP contribution is -2.11. The number of amides is 1. The fourth-order valence-electron chi connectivity index (χ4n) is 2.09. The van der Waals surface area contributed by atoms with Crippen molar-refractivity contribution in [2.24, 2.45) is 0 Å². The molecule has 0 saturated heterocycles. The van der Waals surface area contributed by atoms with Crippen molar-refractivity contribution in [3.8, 4) is 5.75 Å². The maximum Gasteiger partial charge on any atom is 0.308 e. The van der Waals surface area contributed by atoms with Crippen molar-refractivity contribution in [3.05, 3.63) is 53.6 Å². The largest absolute Gasteiger partial charge is 0.427 e. The first-order chi connectivity index (χ1) is 11.0. The lowest BCUT2D eigenvalue weighted by Gasteiger charge is -2.03. The number of thiazole rings is 1. The Hall–Kier alpha value is -2.73. The summed E-state index contributed by atoms with van der Waals surface area (Å²) in [7, 11) is 0. The third-order valence-electron chi connectivity index (χ3n) is 3.14. The van der Waals surface area contributed by atoms with Gasteiger partial charge < -0.3 is 4.74 Å². The molecule has 3 rings (SSSR count). The molecular formula is C17H14N2O3S. The highest BCUT2D eigenvalue weighted by molar-refractivity contribution is 7.22. The first-order valence-electron chi connectivity index (χ1n) is 6.98. The van der Waals surface area contributed by atoms with Gasteiger partial charge in [-0.1, -0.05) is 17.4 Å². The highest BCUT2D eigenvalue weighted by atomic mass is 32.1. The Labute approximate surface area is 136 Å². The number of hydrogen-bond acceptors (Lipinski definition) is 5. The van der Waals surface area contributed by atoms with Crippen molar-refractivity contribution in [1.29, 1.82) is 0 Å². The fourth-order valence-corrected chi connectivity index (χ4v) is 3.05. The molecule has 0 spiro atoms. The first-order valence-corrected chi connectivity index (χ1v) is 7.80. The van der Waals surface area contributed by atoms with Gasteiger partial charge in [-0.25, -0.2) is 4.98 Å². The van der Waals surface area contributed by atoms with Crippen LogP contribution in [-0.4, -0.2) is 16.9 Å². The van der Waals surface area contributed by atoms with Crippen molar-refractivity contribution >= 4 is 38.6 Å². The molecule has 0 fully saturated rings. The average molecular weight is 326 g/mol. The van der Waals surface area contributed by atoms with Crippen molar-refractivity contribution in [1.82, 2.24) is 4.98 Å². The van der Waals surface area contributed by atoms with E-state index in [1.54, 1.807) is 24.3 Å². The number of benzene rings is 2. The van der Waals surface area contributed by atoms with Crippen LogP contribution < -0.4 is 10.1 Å². The molecule has 5 nitrogen and oxygen atoms in total. The van der Waals surface area contributed by atoms with E-state index >= 15 is 0 Å². The van der Waals surface area contributed by atoms with Gasteiger partial charge in [-0.2, -0.15) is 0 Å². The zero-order valence-electron chi connectivity index (χ0n) is 12.6. The molecule has 2 aromatic carbocycles. The summed E-state index contributed by atoms with van der Waals surface area (Å²) in [6, 6.07) is 12.3. The molecule has 23 heavy (non-hydrogen) atoms. The molecule has 1 aromatic heterocycles. The van der Waals surface area contributed by atoms with Gasteiger partial charge >= 0.3 is 5.97 Å². The maximum atomic E-state index is 12.2. The van der Waals surface area contributed by atoms with Gasteiger partial charge in [0.05, 0.1) is 10.2 Å². The molecule has 0 unspecified atom stereocenters. The molecule has 1 heterocycles. The molecule has 0 bridgehead atoms. The van der Waals surface area contributed by atoms with Crippen LogP contribution in [0.25, 0.3) is 10.2 Å². The Morgan fingerprint density at radius 2 is 1.87 bits per heavy atom. The van der Waals surface area contributed by atoms with E-state index in [4.69, 9.17) is 4.74 Å². The fraction of sp³-hybridized carbons (Fsp3) is 0.118. The van der Waals surface area contributed by atoms with Gasteiger partial charge in [0.15, 0.2) is 5.13 Å². The predicted molar refractivity (Wildman–Crippen MR) is 90.1 cm³/mol. The second-order valence-electron chi connectivity index (χ2n) is 5.06. The molecule has 116 valence electrons. The molecule has 1 amide bonds. The molecule has 6 heteroatoms. The Bertz CT molecular complexity index is 884. The van der Waals surface area contributed by atoms with Crippen molar-refractivity contribution in [3.63, 3.8) is 0 Å². The average Bonchev–Trinajstić information content (AvgIpc) is 2.88. The number of hydrogen-bond donors (Lipinski definition) is 1. The molecule has 0 saturated carbocycles. The van der Waals surface area contributed by atoms with Gasteiger partial charge in [0.25, 0.3) is 5.91 Å². The number of nitrogens with zero attached hydrogens (tertiary/aromatic N) is 1. The topological polar surface area (TPSA) is 68.3 Å². The number of ether oxygens (including phenoxy) is 1. The van der Waals surface area contributed by atoms with Crippen LogP contribution in [0.4, 0.5) is 5.13 Å². The van der Waals surface area contributed by atoms with E-state index in [0.29, 0.717) is 16.4 Å². The third kappa shape index (κ3) is 3.54. The molecule has 0 aliphatic heterocycles. The molecule has 1 N–H and O–H groups in total. The van der Waals surface area contributed by atoms with E-state index in [-0.39, 0.29) is 5.91 Å². The summed E-state index contributed by atoms with van der Waals surface area (Å²) in [4.78, 5) is 27.5. The number of anilines is 1. The molecule has 0 radical (unpaired) electrons. The van der Waals surface area contributed by atoms with Gasteiger partial charge in [0, 0.05) is 12.5 Å². The second kappa shape index (κ2) is 6.18. The number of aryl methyl sites for hydroxylation is 1. The standard InChI is InChI=1S/C17H14N2O3S/c1-10-3-8-14-15(9-10)23-17(18-14)19-16(21)12-4-6-13(7-5-12)22-11(2)20/h3-9H,1-2H3,(H,18,19,21). The van der Waals surface area contributed by atoms with Crippen molar-refractivity contribution in [2.45, 2.75) is 13.8 Å². The summed E-state index contributed by atoms with van der Waals surface area (Å²) in [5.41, 5.74) is 2.48. The van der Waals surface area contributed by atoms with E-state index in [1.165, 1.54) is 18.3 Å². The van der Waals surface area contributed by atoms with Gasteiger partial charge in [0.1, 0.15) is 5.75 Å². The summed E-state index contributed by atoms with van der Waals surface area (Å²) in [5, 5.41) is 3.34. The smallest absolute Gasteiger partial charge is 0.308 e. The SMILES string of the molecule is CC(=O)Oc1ccc(C(=O)Nc2nc3ccc(C)cc3s2)cc1. The number of esters is 1. The van der Waals surface area contributed by atoms with E-state index in [0.717, 1.165) is 15.8 Å². The second-order valence-corrected chi connectivity index (χ2v) is 6.09. The summed E-state index contributed by atoms with van der Waals surface area (Å²) in [6.45, 7) is 3.34. The van der Waals surface area contributed by atoms with Crippen LogP contribution in [-0.2, 0) is 4.79 Å².